The summed E-state index contributed by atoms with van der Waals surface area (Å²) < 4.78 is 11.1. The number of imidazole rings is 1. The highest BCUT2D eigenvalue weighted by Crippen LogP contribution is 2.27. The molecule has 1 aromatic heterocycles. The smallest absolute Gasteiger partial charge is 0.381 e. The molecule has 0 saturated heterocycles. The third-order valence-electron chi connectivity index (χ3n) is 2.56. The van der Waals surface area contributed by atoms with Crippen LogP contribution in [0, 0.1) is 0 Å². The van der Waals surface area contributed by atoms with Gasteiger partial charge in [0.15, 0.2) is 5.16 Å². The second-order valence-corrected chi connectivity index (χ2v) is 5.07. The third-order valence-corrected chi connectivity index (χ3v) is 3.58. The van der Waals surface area contributed by atoms with E-state index in [1.165, 1.54) is 18.0 Å². The van der Waals surface area contributed by atoms with Crippen LogP contribution in [-0.4, -0.2) is 35.5 Å². The number of aromatic nitrogens is 2. The highest BCUT2D eigenvalue weighted by Gasteiger charge is 2.22. The third kappa shape index (κ3) is 3.71. The van der Waals surface area contributed by atoms with Gasteiger partial charge in [-0.25, -0.2) is 9.78 Å². The van der Waals surface area contributed by atoms with Crippen LogP contribution in [0.2, 0.25) is 0 Å². The lowest BCUT2D eigenvalue weighted by molar-refractivity contribution is -0.135. The van der Waals surface area contributed by atoms with Crippen molar-refractivity contribution in [2.75, 3.05) is 14.2 Å². The number of rotatable bonds is 6. The minimum atomic E-state index is -0.937. The minimum Gasteiger partial charge on any atom is -0.463 e. The molecule has 110 valence electrons. The van der Waals surface area contributed by atoms with Crippen LogP contribution in [0.3, 0.4) is 0 Å². The summed E-state index contributed by atoms with van der Waals surface area (Å²) in [7, 11) is 2.70. The van der Waals surface area contributed by atoms with E-state index in [1.807, 2.05) is 30.3 Å². The molecule has 1 aromatic carbocycles. The van der Waals surface area contributed by atoms with Gasteiger partial charge in [-0.1, -0.05) is 30.0 Å². The van der Waals surface area contributed by atoms with Crippen molar-refractivity contribution in [3.05, 3.63) is 42.2 Å². The molecule has 1 heterocycles. The Bertz CT molecular complexity index is 640. The molecule has 0 spiro atoms. The maximum absolute atomic E-state index is 11.8. The first kappa shape index (κ1) is 15.3. The molecule has 0 fully saturated rings. The van der Waals surface area contributed by atoms with Crippen molar-refractivity contribution in [3.63, 3.8) is 0 Å². The van der Waals surface area contributed by atoms with Crippen molar-refractivity contribution in [1.29, 1.82) is 0 Å². The molecule has 0 aliphatic heterocycles. The predicted molar refractivity (Wildman–Crippen MR) is 76.1 cm³/mol. The molecule has 0 unspecified atom stereocenters. The average molecular weight is 306 g/mol. The van der Waals surface area contributed by atoms with Crippen LogP contribution in [0.1, 0.15) is 10.5 Å². The molecule has 2 rings (SSSR count). The Kier molecular flexibility index (Phi) is 5.13. The molecule has 21 heavy (non-hydrogen) atoms. The Labute approximate surface area is 126 Å². The van der Waals surface area contributed by atoms with E-state index >= 15 is 0 Å². The molecule has 7 heteroatoms. The van der Waals surface area contributed by atoms with E-state index < -0.39 is 11.8 Å². The van der Waals surface area contributed by atoms with Gasteiger partial charge in [-0.05, 0) is 12.1 Å². The van der Waals surface area contributed by atoms with Gasteiger partial charge in [-0.2, -0.15) is 0 Å². The zero-order valence-electron chi connectivity index (χ0n) is 11.6. The Morgan fingerprint density at radius 2 is 1.95 bits per heavy atom. The topological polar surface area (TPSA) is 70.4 Å². The number of carbonyl (C=O) groups excluding carboxylic acids is 2. The summed E-state index contributed by atoms with van der Waals surface area (Å²) in [6.45, 7) is 0.233. The molecular weight excluding hydrogens is 292 g/mol. The normalized spacial score (nSPS) is 10.4. The molecule has 6 nitrogen and oxygen atoms in total. The number of nitrogens with zero attached hydrogens (tertiary/aromatic N) is 2. The van der Waals surface area contributed by atoms with Gasteiger partial charge in [-0.3, -0.25) is 4.79 Å². The number of hydrogen-bond acceptors (Lipinski definition) is 6. The van der Waals surface area contributed by atoms with E-state index in [4.69, 9.17) is 4.74 Å². The Hall–Kier alpha value is -2.12. The fourth-order valence-electron chi connectivity index (χ4n) is 1.61. The zero-order chi connectivity index (χ0) is 15.2. The van der Waals surface area contributed by atoms with Gasteiger partial charge in [0.05, 0.1) is 7.11 Å². The van der Waals surface area contributed by atoms with Crippen molar-refractivity contribution in [2.45, 2.75) is 16.8 Å². The van der Waals surface area contributed by atoms with Crippen molar-refractivity contribution in [1.82, 2.24) is 9.55 Å². The number of Topliss-reactive ketones (excluding diaryl/α,β-unsaturated/α-hetero) is 1. The molecule has 0 amide bonds. The highest BCUT2D eigenvalue weighted by atomic mass is 32.2. The van der Waals surface area contributed by atoms with E-state index in [1.54, 1.807) is 11.7 Å². The summed E-state index contributed by atoms with van der Waals surface area (Å²) in [5.41, 5.74) is 0.0392. The number of methoxy groups -OCH3 is 2. The van der Waals surface area contributed by atoms with Crippen LogP contribution >= 0.6 is 11.8 Å². The predicted octanol–water partition coefficient (Wildman–Crippen LogP) is 1.99. The van der Waals surface area contributed by atoms with Crippen LogP contribution in [0.25, 0.3) is 0 Å². The van der Waals surface area contributed by atoms with E-state index in [0.717, 1.165) is 12.0 Å². The van der Waals surface area contributed by atoms with Crippen molar-refractivity contribution < 1.29 is 19.1 Å². The molecule has 0 saturated carbocycles. The molecule has 0 aliphatic carbocycles. The lowest BCUT2D eigenvalue weighted by Gasteiger charge is -2.05. The molecule has 0 atom stereocenters. The Morgan fingerprint density at radius 3 is 2.57 bits per heavy atom. The summed E-state index contributed by atoms with van der Waals surface area (Å²) in [5.74, 6) is -1.71. The van der Waals surface area contributed by atoms with Gasteiger partial charge >= 0.3 is 5.97 Å². The SMILES string of the molecule is COCn1cc(C(=O)C(=O)OC)nc1Sc1ccccc1. The highest BCUT2D eigenvalue weighted by molar-refractivity contribution is 7.99. The molecule has 0 aliphatic rings. The largest absolute Gasteiger partial charge is 0.463 e. The van der Waals surface area contributed by atoms with E-state index in [9.17, 15) is 9.59 Å². The van der Waals surface area contributed by atoms with E-state index in [0.29, 0.717) is 5.16 Å². The van der Waals surface area contributed by atoms with E-state index in [-0.39, 0.29) is 12.4 Å². The molecule has 2 aromatic rings. The maximum atomic E-state index is 11.8. The summed E-state index contributed by atoms with van der Waals surface area (Å²) >= 11 is 1.38. The van der Waals surface area contributed by atoms with E-state index in [2.05, 4.69) is 9.72 Å². The molecule has 0 bridgehead atoms. The van der Waals surface area contributed by atoms with Gasteiger partial charge in [0.2, 0.25) is 0 Å². The van der Waals surface area contributed by atoms with Crippen molar-refractivity contribution >= 4 is 23.5 Å². The summed E-state index contributed by atoms with van der Waals surface area (Å²) in [6, 6.07) is 9.59. The second kappa shape index (κ2) is 7.05. The number of ketones is 1. The zero-order valence-corrected chi connectivity index (χ0v) is 12.4. The molecule has 0 radical (unpaired) electrons. The fourth-order valence-corrected chi connectivity index (χ4v) is 2.48. The quantitative estimate of drug-likeness (QED) is 0.462. The van der Waals surface area contributed by atoms with Crippen LogP contribution in [0.15, 0.2) is 46.6 Å². The summed E-state index contributed by atoms with van der Waals surface area (Å²) in [5, 5.41) is 0.565. The number of ether oxygens (including phenoxy) is 2. The Balaban J connectivity index is 2.29. The summed E-state index contributed by atoms with van der Waals surface area (Å²) in [4.78, 5) is 28.2. The summed E-state index contributed by atoms with van der Waals surface area (Å²) in [6.07, 6.45) is 1.48. The van der Waals surface area contributed by atoms with Gasteiger partial charge in [0.1, 0.15) is 12.4 Å². The van der Waals surface area contributed by atoms with Gasteiger partial charge < -0.3 is 14.0 Å². The van der Waals surface area contributed by atoms with Crippen molar-refractivity contribution in [3.8, 4) is 0 Å². The fraction of sp³-hybridized carbons (Fsp3) is 0.214. The molecular formula is C14H14N2O4S. The van der Waals surface area contributed by atoms with Gasteiger partial charge in [0.25, 0.3) is 5.78 Å². The lowest BCUT2D eigenvalue weighted by atomic mass is 10.3. The van der Waals surface area contributed by atoms with Crippen molar-refractivity contribution in [2.24, 2.45) is 0 Å². The minimum absolute atomic E-state index is 0.0392. The average Bonchev–Trinajstić information content (AvgIpc) is 2.90. The van der Waals surface area contributed by atoms with Crippen LogP contribution in [-0.2, 0) is 21.0 Å². The number of hydrogen-bond donors (Lipinski definition) is 0. The number of carbonyl (C=O) groups is 2. The second-order valence-electron chi connectivity index (χ2n) is 4.03. The first-order valence-electron chi connectivity index (χ1n) is 6.07. The first-order valence-corrected chi connectivity index (χ1v) is 6.89. The number of esters is 1. The maximum Gasteiger partial charge on any atom is 0.381 e. The Morgan fingerprint density at radius 1 is 1.24 bits per heavy atom. The first-order chi connectivity index (χ1) is 10.2. The van der Waals surface area contributed by atoms with Gasteiger partial charge in [-0.15, -0.1) is 0 Å². The molecule has 0 N–H and O–H groups in total. The monoisotopic (exact) mass is 306 g/mol. The van der Waals surface area contributed by atoms with Crippen LogP contribution < -0.4 is 0 Å². The standard InChI is InChI=1S/C14H14N2O4S/c1-19-9-16-8-11(12(17)13(18)20-2)15-14(16)21-10-6-4-3-5-7-10/h3-8H,9H2,1-2H3. The number of benzene rings is 1. The van der Waals surface area contributed by atoms with Crippen LogP contribution in [0.5, 0.6) is 0 Å². The lowest BCUT2D eigenvalue weighted by Crippen LogP contribution is -2.16. The van der Waals surface area contributed by atoms with Crippen LogP contribution in [0.4, 0.5) is 0 Å². The van der Waals surface area contributed by atoms with Gasteiger partial charge in [0, 0.05) is 18.2 Å².